The molecule has 0 aliphatic heterocycles. The van der Waals surface area contributed by atoms with Crippen LogP contribution in [-0.2, 0) is 0 Å². The van der Waals surface area contributed by atoms with Gasteiger partial charge in [-0.3, -0.25) is 0 Å². The lowest BCUT2D eigenvalue weighted by atomic mass is 10.1. The third kappa shape index (κ3) is 1.79. The van der Waals surface area contributed by atoms with Gasteiger partial charge >= 0.3 is 0 Å². The Kier molecular flexibility index (Phi) is 2.33. The second-order valence-corrected chi connectivity index (χ2v) is 3.36. The molecule has 4 nitrogen and oxygen atoms in total. The van der Waals surface area contributed by atoms with Crippen LogP contribution in [0.1, 0.15) is 5.56 Å². The van der Waals surface area contributed by atoms with Gasteiger partial charge in [-0.15, -0.1) is 0 Å². The lowest BCUT2D eigenvalue weighted by Gasteiger charge is -2.05. The SMILES string of the molecule is COc1ccc(-c2cnc(N)[nH]2)c(C)c1. The predicted molar refractivity (Wildman–Crippen MR) is 59.7 cm³/mol. The molecule has 0 saturated heterocycles. The first-order valence-electron chi connectivity index (χ1n) is 4.66. The summed E-state index contributed by atoms with van der Waals surface area (Å²) in [5.74, 6) is 1.28. The molecule has 0 atom stereocenters. The number of nitrogen functional groups attached to an aromatic ring is 1. The molecule has 0 aliphatic carbocycles. The van der Waals surface area contributed by atoms with Gasteiger partial charge in [0.2, 0.25) is 0 Å². The van der Waals surface area contributed by atoms with E-state index in [2.05, 4.69) is 9.97 Å². The van der Waals surface area contributed by atoms with E-state index in [9.17, 15) is 0 Å². The van der Waals surface area contributed by atoms with Crippen LogP contribution in [0.15, 0.2) is 24.4 Å². The molecule has 0 amide bonds. The first kappa shape index (κ1) is 9.58. The Morgan fingerprint density at radius 1 is 1.40 bits per heavy atom. The van der Waals surface area contributed by atoms with Crippen LogP contribution in [0, 0.1) is 6.92 Å². The molecule has 78 valence electrons. The molecule has 1 aromatic heterocycles. The summed E-state index contributed by atoms with van der Waals surface area (Å²) in [4.78, 5) is 6.96. The lowest BCUT2D eigenvalue weighted by molar-refractivity contribution is 0.414. The molecule has 4 heteroatoms. The summed E-state index contributed by atoms with van der Waals surface area (Å²) in [7, 11) is 1.66. The van der Waals surface area contributed by atoms with Gasteiger partial charge < -0.3 is 15.5 Å². The van der Waals surface area contributed by atoms with E-state index >= 15 is 0 Å². The average molecular weight is 203 g/mol. The number of aromatic nitrogens is 2. The number of hydrogen-bond acceptors (Lipinski definition) is 3. The van der Waals surface area contributed by atoms with Crippen LogP contribution in [0.4, 0.5) is 5.95 Å². The zero-order valence-electron chi connectivity index (χ0n) is 8.74. The fourth-order valence-electron chi connectivity index (χ4n) is 1.54. The molecule has 0 radical (unpaired) electrons. The quantitative estimate of drug-likeness (QED) is 0.784. The first-order chi connectivity index (χ1) is 7.20. The van der Waals surface area contributed by atoms with Crippen molar-refractivity contribution in [2.24, 2.45) is 0 Å². The summed E-state index contributed by atoms with van der Waals surface area (Å²) in [5, 5.41) is 0. The number of aromatic amines is 1. The van der Waals surface area contributed by atoms with E-state index in [4.69, 9.17) is 10.5 Å². The van der Waals surface area contributed by atoms with E-state index in [1.54, 1.807) is 13.3 Å². The van der Waals surface area contributed by atoms with E-state index < -0.39 is 0 Å². The number of H-pyrrole nitrogens is 1. The van der Waals surface area contributed by atoms with Gasteiger partial charge in [-0.2, -0.15) is 0 Å². The monoisotopic (exact) mass is 203 g/mol. The van der Waals surface area contributed by atoms with Gasteiger partial charge in [0.05, 0.1) is 19.0 Å². The van der Waals surface area contributed by atoms with Crippen molar-refractivity contribution in [3.63, 3.8) is 0 Å². The van der Waals surface area contributed by atoms with E-state index in [1.165, 1.54) is 0 Å². The molecule has 0 aliphatic rings. The minimum Gasteiger partial charge on any atom is -0.497 e. The molecule has 3 N–H and O–H groups in total. The van der Waals surface area contributed by atoms with Crippen molar-refractivity contribution < 1.29 is 4.74 Å². The molecule has 2 rings (SSSR count). The van der Waals surface area contributed by atoms with Crippen LogP contribution in [0.3, 0.4) is 0 Å². The topological polar surface area (TPSA) is 63.9 Å². The number of anilines is 1. The Labute approximate surface area is 88.1 Å². The number of nitrogens with zero attached hydrogens (tertiary/aromatic N) is 1. The number of methoxy groups -OCH3 is 1. The Balaban J connectivity index is 2.45. The number of imidazole rings is 1. The summed E-state index contributed by atoms with van der Waals surface area (Å²) < 4.78 is 5.14. The Hall–Kier alpha value is -1.97. The van der Waals surface area contributed by atoms with Crippen molar-refractivity contribution in [3.05, 3.63) is 30.0 Å². The fourth-order valence-corrected chi connectivity index (χ4v) is 1.54. The highest BCUT2D eigenvalue weighted by atomic mass is 16.5. The Morgan fingerprint density at radius 3 is 2.73 bits per heavy atom. The molecule has 0 unspecified atom stereocenters. The predicted octanol–water partition coefficient (Wildman–Crippen LogP) is 1.98. The Bertz CT molecular complexity index is 476. The second-order valence-electron chi connectivity index (χ2n) is 3.36. The molecular formula is C11H13N3O. The largest absolute Gasteiger partial charge is 0.497 e. The number of nitrogens with one attached hydrogen (secondary N) is 1. The van der Waals surface area contributed by atoms with Gasteiger partial charge in [0, 0.05) is 5.56 Å². The number of rotatable bonds is 2. The highest BCUT2D eigenvalue weighted by molar-refractivity contribution is 5.65. The molecule has 1 aromatic carbocycles. The Morgan fingerprint density at radius 2 is 2.20 bits per heavy atom. The minimum absolute atomic E-state index is 0.431. The minimum atomic E-state index is 0.431. The smallest absolute Gasteiger partial charge is 0.197 e. The van der Waals surface area contributed by atoms with Gasteiger partial charge in [-0.25, -0.2) is 4.98 Å². The number of ether oxygens (including phenoxy) is 1. The summed E-state index contributed by atoms with van der Waals surface area (Å²) in [6, 6.07) is 5.88. The van der Waals surface area contributed by atoms with Crippen molar-refractivity contribution in [2.75, 3.05) is 12.8 Å². The van der Waals surface area contributed by atoms with E-state index in [0.29, 0.717) is 5.95 Å². The maximum absolute atomic E-state index is 5.53. The summed E-state index contributed by atoms with van der Waals surface area (Å²) in [6.07, 6.45) is 1.73. The van der Waals surface area contributed by atoms with Crippen LogP contribution in [0.2, 0.25) is 0 Å². The van der Waals surface area contributed by atoms with Crippen molar-refractivity contribution in [2.45, 2.75) is 6.92 Å². The van der Waals surface area contributed by atoms with Crippen LogP contribution in [-0.4, -0.2) is 17.1 Å². The number of hydrogen-bond donors (Lipinski definition) is 2. The van der Waals surface area contributed by atoms with Crippen LogP contribution < -0.4 is 10.5 Å². The van der Waals surface area contributed by atoms with Gasteiger partial charge in [0.15, 0.2) is 5.95 Å². The molecule has 0 bridgehead atoms. The van der Waals surface area contributed by atoms with Crippen molar-refractivity contribution in [1.29, 1.82) is 0 Å². The highest BCUT2D eigenvalue weighted by Crippen LogP contribution is 2.25. The molecule has 0 spiro atoms. The molecule has 1 heterocycles. The summed E-state index contributed by atoms with van der Waals surface area (Å²) in [6.45, 7) is 2.02. The standard InChI is InChI=1S/C11H13N3O/c1-7-5-8(15-2)3-4-9(7)10-6-13-11(12)14-10/h3-6H,1-2H3,(H3,12,13,14). The lowest BCUT2D eigenvalue weighted by Crippen LogP contribution is -1.88. The van der Waals surface area contributed by atoms with Crippen molar-refractivity contribution >= 4 is 5.95 Å². The van der Waals surface area contributed by atoms with Gasteiger partial charge in [-0.05, 0) is 30.7 Å². The third-order valence-corrected chi connectivity index (χ3v) is 2.32. The van der Waals surface area contributed by atoms with Crippen LogP contribution in [0.25, 0.3) is 11.3 Å². The fraction of sp³-hybridized carbons (Fsp3) is 0.182. The second kappa shape index (κ2) is 3.65. The number of aryl methyl sites for hydroxylation is 1. The maximum atomic E-state index is 5.53. The van der Waals surface area contributed by atoms with Crippen LogP contribution in [0.5, 0.6) is 5.75 Å². The first-order valence-corrected chi connectivity index (χ1v) is 4.66. The van der Waals surface area contributed by atoms with Crippen molar-refractivity contribution in [1.82, 2.24) is 9.97 Å². The van der Waals surface area contributed by atoms with Gasteiger partial charge in [0.25, 0.3) is 0 Å². The van der Waals surface area contributed by atoms with Gasteiger partial charge in [0.1, 0.15) is 5.75 Å². The molecule has 2 aromatic rings. The summed E-state index contributed by atoms with van der Waals surface area (Å²) >= 11 is 0. The van der Waals surface area contributed by atoms with Crippen molar-refractivity contribution in [3.8, 4) is 17.0 Å². The molecule has 0 saturated carbocycles. The maximum Gasteiger partial charge on any atom is 0.197 e. The molecular weight excluding hydrogens is 190 g/mol. The van der Waals surface area contributed by atoms with E-state index in [-0.39, 0.29) is 0 Å². The zero-order valence-corrected chi connectivity index (χ0v) is 8.74. The number of benzene rings is 1. The average Bonchev–Trinajstić information content (AvgIpc) is 2.64. The van der Waals surface area contributed by atoms with Gasteiger partial charge in [-0.1, -0.05) is 0 Å². The molecule has 15 heavy (non-hydrogen) atoms. The number of nitrogens with two attached hydrogens (primary N) is 1. The zero-order chi connectivity index (χ0) is 10.8. The third-order valence-electron chi connectivity index (χ3n) is 2.32. The van der Waals surface area contributed by atoms with E-state index in [0.717, 1.165) is 22.6 Å². The highest BCUT2D eigenvalue weighted by Gasteiger charge is 2.05. The van der Waals surface area contributed by atoms with E-state index in [1.807, 2.05) is 25.1 Å². The molecule has 0 fully saturated rings. The summed E-state index contributed by atoms with van der Waals surface area (Å²) in [5.41, 5.74) is 8.66. The van der Waals surface area contributed by atoms with Crippen LogP contribution >= 0.6 is 0 Å². The normalized spacial score (nSPS) is 10.3.